The highest BCUT2D eigenvalue weighted by Crippen LogP contribution is 2.36. The number of nitrogens with zero attached hydrogens (tertiary/aromatic N) is 2. The van der Waals surface area contributed by atoms with Gasteiger partial charge < -0.3 is 18.6 Å². The van der Waals surface area contributed by atoms with Crippen LogP contribution in [-0.2, 0) is 16.6 Å². The van der Waals surface area contributed by atoms with Crippen molar-refractivity contribution in [2.24, 2.45) is 0 Å². The number of benzene rings is 3. The standard InChI is InChI=1S/C26H26N2O6S/c1-18-22(27-26(34-18)21-9-5-7-11-24(21)32-3)17-28(23-10-6-8-12-25(23)33-4)35(29,30)20-15-13-19(31-2)14-16-20/h5-16H,17H2,1-4H3. The van der Waals surface area contributed by atoms with Gasteiger partial charge in [0.05, 0.1) is 44.0 Å². The van der Waals surface area contributed by atoms with Crippen LogP contribution in [0.25, 0.3) is 11.5 Å². The van der Waals surface area contributed by atoms with E-state index in [1.165, 1.54) is 30.7 Å². The summed E-state index contributed by atoms with van der Waals surface area (Å²) in [6, 6.07) is 20.5. The van der Waals surface area contributed by atoms with Crippen molar-refractivity contribution in [3.05, 3.63) is 84.3 Å². The van der Waals surface area contributed by atoms with E-state index in [1.54, 1.807) is 50.4 Å². The van der Waals surface area contributed by atoms with E-state index < -0.39 is 10.0 Å². The zero-order chi connectivity index (χ0) is 25.0. The molecule has 3 aromatic carbocycles. The average molecular weight is 495 g/mol. The number of oxazole rings is 1. The van der Waals surface area contributed by atoms with Crippen LogP contribution < -0.4 is 18.5 Å². The summed E-state index contributed by atoms with van der Waals surface area (Å²) in [4.78, 5) is 4.74. The first-order valence-electron chi connectivity index (χ1n) is 10.8. The molecule has 0 saturated heterocycles. The van der Waals surface area contributed by atoms with Crippen molar-refractivity contribution in [1.29, 1.82) is 0 Å². The zero-order valence-corrected chi connectivity index (χ0v) is 20.7. The van der Waals surface area contributed by atoms with Gasteiger partial charge >= 0.3 is 0 Å². The third-order valence-electron chi connectivity index (χ3n) is 5.52. The predicted octanol–water partition coefficient (Wildman–Crippen LogP) is 5.07. The van der Waals surface area contributed by atoms with Gasteiger partial charge in [0.25, 0.3) is 10.0 Å². The van der Waals surface area contributed by atoms with Gasteiger partial charge in [0.1, 0.15) is 28.7 Å². The Bertz CT molecular complexity index is 1410. The Morgan fingerprint density at radius 1 is 0.829 bits per heavy atom. The van der Waals surface area contributed by atoms with E-state index in [4.69, 9.17) is 18.6 Å². The highest BCUT2D eigenvalue weighted by atomic mass is 32.2. The molecule has 9 heteroatoms. The summed E-state index contributed by atoms with van der Waals surface area (Å²) in [5.41, 5.74) is 1.52. The van der Waals surface area contributed by atoms with Crippen molar-refractivity contribution in [1.82, 2.24) is 4.98 Å². The number of para-hydroxylation sites is 3. The number of aromatic nitrogens is 1. The highest BCUT2D eigenvalue weighted by molar-refractivity contribution is 7.92. The molecule has 0 radical (unpaired) electrons. The van der Waals surface area contributed by atoms with Crippen molar-refractivity contribution in [2.45, 2.75) is 18.4 Å². The van der Waals surface area contributed by atoms with E-state index >= 15 is 0 Å². The fourth-order valence-electron chi connectivity index (χ4n) is 3.66. The fraction of sp³-hybridized carbons (Fsp3) is 0.192. The van der Waals surface area contributed by atoms with Crippen molar-refractivity contribution in [2.75, 3.05) is 25.6 Å². The van der Waals surface area contributed by atoms with Crippen LogP contribution in [0.2, 0.25) is 0 Å². The summed E-state index contributed by atoms with van der Waals surface area (Å²) >= 11 is 0. The number of hydrogen-bond donors (Lipinski definition) is 0. The van der Waals surface area contributed by atoms with Gasteiger partial charge in [-0.05, 0) is 55.5 Å². The van der Waals surface area contributed by atoms with Crippen molar-refractivity contribution >= 4 is 15.7 Å². The monoisotopic (exact) mass is 494 g/mol. The zero-order valence-electron chi connectivity index (χ0n) is 19.9. The average Bonchev–Trinajstić information content (AvgIpc) is 3.26. The van der Waals surface area contributed by atoms with Crippen LogP contribution in [0.3, 0.4) is 0 Å². The summed E-state index contributed by atoms with van der Waals surface area (Å²) < 4.78 is 51.0. The normalized spacial score (nSPS) is 11.2. The number of ether oxygens (including phenoxy) is 3. The third-order valence-corrected chi connectivity index (χ3v) is 7.30. The van der Waals surface area contributed by atoms with E-state index in [0.717, 1.165) is 0 Å². The maximum Gasteiger partial charge on any atom is 0.264 e. The number of rotatable bonds is 9. The van der Waals surface area contributed by atoms with Crippen LogP contribution in [0.1, 0.15) is 11.5 Å². The van der Waals surface area contributed by atoms with Crippen LogP contribution in [0.15, 0.2) is 82.1 Å². The van der Waals surface area contributed by atoms with E-state index in [-0.39, 0.29) is 11.4 Å². The van der Waals surface area contributed by atoms with Gasteiger partial charge in [-0.15, -0.1) is 0 Å². The largest absolute Gasteiger partial charge is 0.497 e. The number of anilines is 1. The van der Waals surface area contributed by atoms with Crippen LogP contribution in [0, 0.1) is 6.92 Å². The maximum absolute atomic E-state index is 13.8. The lowest BCUT2D eigenvalue weighted by atomic mass is 10.2. The predicted molar refractivity (Wildman–Crippen MR) is 133 cm³/mol. The van der Waals surface area contributed by atoms with Crippen LogP contribution in [0.5, 0.6) is 17.2 Å². The molecule has 0 bridgehead atoms. The molecule has 0 atom stereocenters. The lowest BCUT2D eigenvalue weighted by molar-refractivity contribution is 0.414. The SMILES string of the molecule is COc1ccc(S(=O)(=O)N(Cc2nc(-c3ccccc3OC)oc2C)c2ccccc2OC)cc1. The molecular weight excluding hydrogens is 468 g/mol. The molecular formula is C26H26N2O6S. The van der Waals surface area contributed by atoms with Crippen LogP contribution in [0.4, 0.5) is 5.69 Å². The van der Waals surface area contributed by atoms with Gasteiger partial charge in [0, 0.05) is 0 Å². The van der Waals surface area contributed by atoms with E-state index in [2.05, 4.69) is 4.98 Å². The first-order valence-corrected chi connectivity index (χ1v) is 12.2. The first kappa shape index (κ1) is 24.2. The molecule has 0 spiro atoms. The highest BCUT2D eigenvalue weighted by Gasteiger charge is 2.30. The topological polar surface area (TPSA) is 91.1 Å². The summed E-state index contributed by atoms with van der Waals surface area (Å²) in [5, 5.41) is 0. The Hall–Kier alpha value is -3.98. The smallest absolute Gasteiger partial charge is 0.264 e. The Kier molecular flexibility index (Phi) is 6.97. The maximum atomic E-state index is 13.8. The molecule has 1 heterocycles. The van der Waals surface area contributed by atoms with Gasteiger partial charge in [0.2, 0.25) is 5.89 Å². The molecule has 0 amide bonds. The molecule has 0 fully saturated rings. The number of sulfonamides is 1. The Labute approximate surface area is 204 Å². The quantitative estimate of drug-likeness (QED) is 0.321. The van der Waals surface area contributed by atoms with Crippen molar-refractivity contribution < 1.29 is 27.0 Å². The molecule has 1 aromatic heterocycles. The van der Waals surface area contributed by atoms with Crippen LogP contribution >= 0.6 is 0 Å². The molecule has 182 valence electrons. The minimum Gasteiger partial charge on any atom is -0.497 e. The molecule has 8 nitrogen and oxygen atoms in total. The number of aryl methyl sites for hydroxylation is 1. The van der Waals surface area contributed by atoms with Gasteiger partial charge in [-0.25, -0.2) is 13.4 Å². The molecule has 4 aromatic rings. The van der Waals surface area contributed by atoms with Gasteiger partial charge in [0.15, 0.2) is 0 Å². The number of methoxy groups -OCH3 is 3. The Morgan fingerprint density at radius 3 is 2.11 bits per heavy atom. The third kappa shape index (κ3) is 4.81. The van der Waals surface area contributed by atoms with E-state index in [1.807, 2.05) is 24.3 Å². The minimum absolute atomic E-state index is 0.0702. The Balaban J connectivity index is 1.80. The second kappa shape index (κ2) is 10.1. The molecule has 0 saturated carbocycles. The molecule has 0 aliphatic rings. The van der Waals surface area contributed by atoms with E-state index in [0.29, 0.717) is 45.8 Å². The summed E-state index contributed by atoms with van der Waals surface area (Å²) in [6.07, 6.45) is 0. The molecule has 0 N–H and O–H groups in total. The minimum atomic E-state index is -4.00. The molecule has 4 rings (SSSR count). The van der Waals surface area contributed by atoms with Gasteiger partial charge in [-0.3, -0.25) is 4.31 Å². The fourth-order valence-corrected chi connectivity index (χ4v) is 5.09. The second-order valence-corrected chi connectivity index (χ2v) is 9.44. The summed E-state index contributed by atoms with van der Waals surface area (Å²) in [7, 11) is 0.590. The summed E-state index contributed by atoms with van der Waals surface area (Å²) in [5.74, 6) is 2.41. The van der Waals surface area contributed by atoms with Crippen molar-refractivity contribution in [3.63, 3.8) is 0 Å². The number of hydrogen-bond acceptors (Lipinski definition) is 7. The molecule has 35 heavy (non-hydrogen) atoms. The Morgan fingerprint density at radius 2 is 1.46 bits per heavy atom. The lowest BCUT2D eigenvalue weighted by Gasteiger charge is -2.25. The van der Waals surface area contributed by atoms with Gasteiger partial charge in [-0.2, -0.15) is 0 Å². The molecule has 0 aliphatic carbocycles. The van der Waals surface area contributed by atoms with Gasteiger partial charge in [-0.1, -0.05) is 24.3 Å². The summed E-state index contributed by atoms with van der Waals surface area (Å²) in [6.45, 7) is 1.68. The van der Waals surface area contributed by atoms with Crippen LogP contribution in [-0.4, -0.2) is 34.7 Å². The molecule has 0 aliphatic heterocycles. The second-order valence-electron chi connectivity index (χ2n) is 7.58. The van der Waals surface area contributed by atoms with E-state index in [9.17, 15) is 8.42 Å². The first-order chi connectivity index (χ1) is 16.9. The molecule has 0 unspecified atom stereocenters. The van der Waals surface area contributed by atoms with Crippen molar-refractivity contribution in [3.8, 4) is 28.7 Å². The lowest BCUT2D eigenvalue weighted by Crippen LogP contribution is -2.31.